The Morgan fingerprint density at radius 1 is 1.26 bits per heavy atom. The van der Waals surface area contributed by atoms with Crippen molar-refractivity contribution >= 4 is 27.8 Å². The molecule has 6 nitrogen and oxygen atoms in total. The topological polar surface area (TPSA) is 80.1 Å². The van der Waals surface area contributed by atoms with Gasteiger partial charge in [-0.1, -0.05) is 13.8 Å². The van der Waals surface area contributed by atoms with Gasteiger partial charge < -0.3 is 14.4 Å². The summed E-state index contributed by atoms with van der Waals surface area (Å²) in [5.74, 6) is -0.463. The zero-order chi connectivity index (χ0) is 24.2. The molecule has 0 radical (unpaired) electrons. The van der Waals surface area contributed by atoms with E-state index in [9.17, 15) is 14.3 Å². The number of benzene rings is 2. The first-order valence-electron chi connectivity index (χ1n) is 11.8. The largest absolute Gasteiger partial charge is 0.494 e. The molecule has 0 bridgehead atoms. The number of halogens is 1. The number of fused-ring (bicyclic) bond motifs is 2. The van der Waals surface area contributed by atoms with Crippen molar-refractivity contribution < 1.29 is 19.0 Å². The maximum Gasteiger partial charge on any atom is 0.309 e. The van der Waals surface area contributed by atoms with Crippen LogP contribution in [0.5, 0.6) is 5.75 Å². The zero-order valence-corrected chi connectivity index (χ0v) is 20.0. The van der Waals surface area contributed by atoms with Crippen molar-refractivity contribution in [3.8, 4) is 11.4 Å². The second-order valence-electron chi connectivity index (χ2n) is 10.1. The van der Waals surface area contributed by atoms with E-state index in [0.717, 1.165) is 40.3 Å². The number of nitrogens with one attached hydrogen (secondary N) is 1. The van der Waals surface area contributed by atoms with Crippen LogP contribution in [-0.2, 0) is 4.79 Å². The molecule has 5 rings (SSSR count). The Labute approximate surface area is 197 Å². The van der Waals surface area contributed by atoms with E-state index in [4.69, 9.17) is 4.74 Å². The van der Waals surface area contributed by atoms with Gasteiger partial charge in [0.25, 0.3) is 0 Å². The van der Waals surface area contributed by atoms with Gasteiger partial charge in [0.05, 0.1) is 29.8 Å². The van der Waals surface area contributed by atoms with Crippen molar-refractivity contribution in [1.29, 1.82) is 0 Å². The van der Waals surface area contributed by atoms with Crippen LogP contribution in [0.4, 0.5) is 4.39 Å². The highest BCUT2D eigenvalue weighted by Gasteiger charge is 2.39. The third-order valence-corrected chi connectivity index (χ3v) is 7.56. The van der Waals surface area contributed by atoms with Crippen molar-refractivity contribution in [3.05, 3.63) is 53.6 Å². The fourth-order valence-electron chi connectivity index (χ4n) is 5.59. The van der Waals surface area contributed by atoms with E-state index in [1.54, 1.807) is 12.1 Å². The molecule has 2 heterocycles. The maximum atomic E-state index is 14.3. The lowest BCUT2D eigenvalue weighted by Crippen LogP contribution is -2.32. The second-order valence-corrected chi connectivity index (χ2v) is 10.1. The van der Waals surface area contributed by atoms with Gasteiger partial charge in [0.2, 0.25) is 0 Å². The highest BCUT2D eigenvalue weighted by Crippen LogP contribution is 2.48. The summed E-state index contributed by atoms with van der Waals surface area (Å²) in [7, 11) is 1.47. The van der Waals surface area contributed by atoms with Crippen LogP contribution in [0.2, 0.25) is 0 Å². The third kappa shape index (κ3) is 3.45. The molecule has 1 aliphatic rings. The SMILES string of the molecule is COc1cc(-n2c(C(C)C)c(C3CCC(C)(C(=O)O)CC3)c3cc4[nH]ncc4cc32)ccc1F. The first kappa shape index (κ1) is 22.4. The monoisotopic (exact) mass is 463 g/mol. The summed E-state index contributed by atoms with van der Waals surface area (Å²) in [6, 6.07) is 9.25. The first-order chi connectivity index (χ1) is 16.2. The Morgan fingerprint density at radius 3 is 2.65 bits per heavy atom. The fraction of sp³-hybridized carbons (Fsp3) is 0.407. The number of aliphatic carboxylic acids is 1. The van der Waals surface area contributed by atoms with Gasteiger partial charge in [0.15, 0.2) is 11.6 Å². The van der Waals surface area contributed by atoms with E-state index >= 15 is 0 Å². The smallest absolute Gasteiger partial charge is 0.309 e. The summed E-state index contributed by atoms with van der Waals surface area (Å²) < 4.78 is 21.8. The van der Waals surface area contributed by atoms with Crippen molar-refractivity contribution in [1.82, 2.24) is 14.8 Å². The lowest BCUT2D eigenvalue weighted by atomic mass is 9.69. The lowest BCUT2D eigenvalue weighted by Gasteiger charge is -2.34. The van der Waals surface area contributed by atoms with E-state index in [1.807, 2.05) is 13.1 Å². The van der Waals surface area contributed by atoms with Crippen molar-refractivity contribution in [2.45, 2.75) is 58.3 Å². The third-order valence-electron chi connectivity index (χ3n) is 7.56. The molecule has 0 amide bonds. The van der Waals surface area contributed by atoms with Gasteiger partial charge in [0.1, 0.15) is 0 Å². The van der Waals surface area contributed by atoms with Crippen LogP contribution < -0.4 is 4.74 Å². The number of ether oxygens (including phenoxy) is 1. The van der Waals surface area contributed by atoms with Crippen LogP contribution >= 0.6 is 0 Å². The molecule has 1 fully saturated rings. The average molecular weight is 464 g/mol. The average Bonchev–Trinajstić information content (AvgIpc) is 3.40. The molecule has 4 aromatic rings. The van der Waals surface area contributed by atoms with Crippen LogP contribution in [0.1, 0.15) is 69.5 Å². The summed E-state index contributed by atoms with van der Waals surface area (Å²) in [4.78, 5) is 11.8. The number of methoxy groups -OCH3 is 1. The lowest BCUT2D eigenvalue weighted by molar-refractivity contribution is -0.149. The molecule has 178 valence electrons. The van der Waals surface area contributed by atoms with Gasteiger partial charge in [-0.3, -0.25) is 9.89 Å². The van der Waals surface area contributed by atoms with Crippen LogP contribution in [0.25, 0.3) is 27.5 Å². The quantitative estimate of drug-likeness (QED) is 0.353. The van der Waals surface area contributed by atoms with E-state index < -0.39 is 17.2 Å². The highest BCUT2D eigenvalue weighted by atomic mass is 19.1. The normalized spacial score (nSPS) is 20.9. The minimum absolute atomic E-state index is 0.197. The van der Waals surface area contributed by atoms with Gasteiger partial charge in [-0.25, -0.2) is 4.39 Å². The predicted octanol–water partition coefficient (Wildman–Crippen LogP) is 6.53. The number of hydrogen-bond donors (Lipinski definition) is 2. The molecule has 2 aromatic carbocycles. The maximum absolute atomic E-state index is 14.3. The molecule has 0 atom stereocenters. The van der Waals surface area contributed by atoms with Gasteiger partial charge >= 0.3 is 5.97 Å². The number of aromatic nitrogens is 3. The van der Waals surface area contributed by atoms with Crippen LogP contribution in [0, 0.1) is 11.2 Å². The van der Waals surface area contributed by atoms with Gasteiger partial charge in [-0.15, -0.1) is 0 Å². The first-order valence-corrected chi connectivity index (χ1v) is 11.8. The Hall–Kier alpha value is -3.35. The highest BCUT2D eigenvalue weighted by molar-refractivity contribution is 5.99. The van der Waals surface area contributed by atoms with Gasteiger partial charge in [-0.2, -0.15) is 5.10 Å². The number of aromatic amines is 1. The molecule has 0 spiro atoms. The van der Waals surface area contributed by atoms with Crippen LogP contribution in [0.3, 0.4) is 0 Å². The van der Waals surface area contributed by atoms with Crippen molar-refractivity contribution in [2.24, 2.45) is 5.41 Å². The van der Waals surface area contributed by atoms with E-state index in [1.165, 1.54) is 24.4 Å². The molecular weight excluding hydrogens is 433 g/mol. The summed E-state index contributed by atoms with van der Waals surface area (Å²) in [5, 5.41) is 19.2. The zero-order valence-electron chi connectivity index (χ0n) is 20.0. The van der Waals surface area contributed by atoms with Gasteiger partial charge in [0, 0.05) is 28.2 Å². The summed E-state index contributed by atoms with van der Waals surface area (Å²) >= 11 is 0. The Kier molecular flexibility index (Phi) is 5.38. The van der Waals surface area contributed by atoms with Crippen molar-refractivity contribution in [2.75, 3.05) is 7.11 Å². The summed E-state index contributed by atoms with van der Waals surface area (Å²) in [6.45, 7) is 6.20. The minimum atomic E-state index is -0.713. The van der Waals surface area contributed by atoms with E-state index in [2.05, 4.69) is 40.7 Å². The number of rotatable bonds is 5. The molecule has 0 saturated heterocycles. The van der Waals surface area contributed by atoms with Crippen LogP contribution in [-0.4, -0.2) is 33.0 Å². The molecule has 0 unspecified atom stereocenters. The fourth-order valence-corrected chi connectivity index (χ4v) is 5.59. The van der Waals surface area contributed by atoms with Gasteiger partial charge in [-0.05, 0) is 74.3 Å². The second kappa shape index (κ2) is 8.15. The number of H-pyrrole nitrogens is 1. The number of carboxylic acids is 1. The Morgan fingerprint density at radius 2 is 2.00 bits per heavy atom. The molecule has 0 aliphatic heterocycles. The number of carboxylic acid groups (broad SMARTS) is 1. The molecule has 1 saturated carbocycles. The number of hydrogen-bond acceptors (Lipinski definition) is 3. The standard InChI is InChI=1S/C27H30FN3O3/c1-15(2)25-24(16-7-9-27(3,10-8-16)26(32)33)19-13-21-17(14-29-30-21)11-22(19)31(25)18-5-6-20(28)23(12-18)34-4/h5-6,11-16H,7-10H2,1-4H3,(H,29,30)(H,32,33). The van der Waals surface area contributed by atoms with Crippen molar-refractivity contribution in [3.63, 3.8) is 0 Å². The molecular formula is C27H30FN3O3. The number of carbonyl (C=O) groups is 1. The Balaban J connectivity index is 1.77. The minimum Gasteiger partial charge on any atom is -0.494 e. The van der Waals surface area contributed by atoms with Crippen LogP contribution in [0.15, 0.2) is 36.5 Å². The molecule has 2 N–H and O–H groups in total. The molecule has 34 heavy (non-hydrogen) atoms. The predicted molar refractivity (Wildman–Crippen MR) is 130 cm³/mol. The summed E-state index contributed by atoms with van der Waals surface area (Å²) in [5.41, 5.74) is 4.60. The van der Waals surface area contributed by atoms with E-state index in [-0.39, 0.29) is 17.6 Å². The molecule has 7 heteroatoms. The number of nitrogens with zero attached hydrogens (tertiary/aromatic N) is 2. The molecule has 2 aromatic heterocycles. The van der Waals surface area contributed by atoms with E-state index in [0.29, 0.717) is 12.8 Å². The summed E-state index contributed by atoms with van der Waals surface area (Å²) in [6.07, 6.45) is 4.73. The molecule has 1 aliphatic carbocycles. The Bertz CT molecular complexity index is 1390.